The van der Waals surface area contributed by atoms with Crippen LogP contribution in [0.1, 0.15) is 205 Å². The van der Waals surface area contributed by atoms with Gasteiger partial charge in [0, 0.05) is 109 Å². The number of benzene rings is 2. The summed E-state index contributed by atoms with van der Waals surface area (Å²) in [6, 6.07) is -1.52. The lowest BCUT2D eigenvalue weighted by molar-refractivity contribution is -0.143. The molecule has 0 spiro atoms. The summed E-state index contributed by atoms with van der Waals surface area (Å²) in [5.74, 6) is -15.4. The molecule has 8 heterocycles. The first-order valence-electron chi connectivity index (χ1n) is 49.6. The number of para-hydroxylation sites is 2. The van der Waals surface area contributed by atoms with Gasteiger partial charge in [0.05, 0.1) is 37.0 Å². The van der Waals surface area contributed by atoms with Crippen molar-refractivity contribution in [2.45, 2.75) is 291 Å². The number of aromatic amines is 2. The number of H-pyrrole nitrogens is 2. The molecule has 16 atom stereocenters. The van der Waals surface area contributed by atoms with E-state index in [0.29, 0.717) is 96.6 Å². The zero-order valence-electron chi connectivity index (χ0n) is 82.1. The van der Waals surface area contributed by atoms with Gasteiger partial charge in [-0.25, -0.2) is 0 Å². The lowest BCUT2D eigenvalue weighted by atomic mass is 9.89. The highest BCUT2D eigenvalue weighted by Crippen LogP contribution is 2.30. The lowest BCUT2D eigenvalue weighted by Gasteiger charge is -2.30. The number of ketones is 4. The SMILES string of the molecule is CN(C)CCCC[C@@H]1NC(=O)[C@H](CS)NC(=O)C[C@@H](C(=O)N2CCC[C@H]2C(N)=O)NC(=O)[C@@H](NC(=O)[C@@H]2CCCN2C(=O)CO)CCCCCC(=O)[C@H](CS)NC(=O)[C@H](Cc2c[nH]c3ccccc23)CC1=O.C[C@@H]1NC(=O)[C@H](Cc2c[nH]c3ccccc23)CC(=O)[C@H](CCCCN(C)C)NC(=O)[C@H](C)NC(=O)C[C@@H](C(=O)N2CCC[C@H]2C(N)=O)NC(=O)[C@@H](NC(=O)[C@@H]2CCCN2C(=O)CO)CCCCCC1=O. The molecule has 142 heavy (non-hydrogen) atoms. The summed E-state index contributed by atoms with van der Waals surface area (Å²) >= 11 is 8.76. The number of hydrogen-bond acceptors (Lipinski definition) is 26. The summed E-state index contributed by atoms with van der Waals surface area (Å²) < 4.78 is 0. The van der Waals surface area contributed by atoms with Crippen LogP contribution in [0.2, 0.25) is 0 Å². The maximum atomic E-state index is 14.5. The fraction of sp³-hybridized carbons (Fsp3) is 0.633. The van der Waals surface area contributed by atoms with Crippen LogP contribution in [-0.4, -0.2) is 344 Å². The highest BCUT2D eigenvalue weighted by molar-refractivity contribution is 7.80. The number of aliphatic hydroxyl groups excluding tert-OH is 2. The van der Waals surface area contributed by atoms with Crippen LogP contribution < -0.4 is 64.6 Å². The normalized spacial score (nSPS) is 26.2. The molecule has 780 valence electrons. The number of amides is 16. The van der Waals surface area contributed by atoms with E-state index in [0.717, 1.165) is 32.9 Å². The summed E-state index contributed by atoms with van der Waals surface area (Å²) in [6.45, 7) is 3.38. The first-order valence-corrected chi connectivity index (χ1v) is 50.8. The fourth-order valence-electron chi connectivity index (χ4n) is 19.2. The highest BCUT2D eigenvalue weighted by Gasteiger charge is 2.45. The maximum Gasteiger partial charge on any atom is 0.248 e. The van der Waals surface area contributed by atoms with Crippen molar-refractivity contribution in [3.05, 3.63) is 72.1 Å². The Balaban J connectivity index is 0.000000317. The summed E-state index contributed by atoms with van der Waals surface area (Å²) in [7, 11) is 7.65. The van der Waals surface area contributed by atoms with Crippen LogP contribution in [0.5, 0.6) is 0 Å². The predicted octanol–water partition coefficient (Wildman–Crippen LogP) is -0.451. The van der Waals surface area contributed by atoms with Gasteiger partial charge < -0.3 is 114 Å². The number of carbonyl (C=O) groups is 20. The number of unbranched alkanes of at least 4 members (excludes halogenated alkanes) is 2. The lowest BCUT2D eigenvalue weighted by Crippen LogP contribution is -2.59. The summed E-state index contributed by atoms with van der Waals surface area (Å²) in [4.78, 5) is 290. The van der Waals surface area contributed by atoms with E-state index in [2.05, 4.69) is 88.4 Å². The molecule has 0 aliphatic carbocycles. The molecule has 42 nitrogen and oxygen atoms in total. The fourth-order valence-corrected chi connectivity index (χ4v) is 19.8. The highest BCUT2D eigenvalue weighted by atomic mass is 32.1. The molecular formula is C98H144N20O22S2. The third-order valence-corrected chi connectivity index (χ3v) is 27.9. The zero-order chi connectivity index (χ0) is 104. The number of nitrogens with zero attached hydrogens (tertiary/aromatic N) is 6. The first kappa shape index (κ1) is 114. The average molecular weight is 2020 g/mol. The molecule has 16 amide bonds. The minimum absolute atomic E-state index is 0.0104. The number of Topliss-reactive ketones (excluding diaryl/α,β-unsaturated/α-hetero) is 4. The smallest absolute Gasteiger partial charge is 0.248 e. The quantitative estimate of drug-likeness (QED) is 0.0280. The number of hydrogen-bond donors (Lipinski definition) is 18. The number of aliphatic hydroxyl groups is 2. The number of carbonyl (C=O) groups excluding carboxylic acids is 20. The predicted molar refractivity (Wildman–Crippen MR) is 530 cm³/mol. The number of rotatable bonds is 26. The van der Waals surface area contributed by atoms with Gasteiger partial charge in [0.15, 0.2) is 23.1 Å². The van der Waals surface area contributed by atoms with Crippen molar-refractivity contribution in [2.75, 3.05) is 92.2 Å². The van der Waals surface area contributed by atoms with E-state index in [1.807, 2.05) is 86.5 Å². The number of nitrogens with two attached hydrogens (primary N) is 2. The van der Waals surface area contributed by atoms with Gasteiger partial charge in [-0.05, 0) is 207 Å². The van der Waals surface area contributed by atoms with Crippen LogP contribution in [-0.2, 0) is 109 Å². The van der Waals surface area contributed by atoms with Crippen LogP contribution in [0.25, 0.3) is 21.8 Å². The summed E-state index contributed by atoms with van der Waals surface area (Å²) in [5.41, 5.74) is 14.5. The molecule has 0 saturated carbocycles. The third-order valence-electron chi connectivity index (χ3n) is 27.2. The molecule has 6 fully saturated rings. The van der Waals surface area contributed by atoms with E-state index in [9.17, 15) is 106 Å². The Morgan fingerprint density at radius 3 is 1.22 bits per heavy atom. The van der Waals surface area contributed by atoms with Crippen molar-refractivity contribution in [3.8, 4) is 0 Å². The Morgan fingerprint density at radius 2 is 0.796 bits per heavy atom. The van der Waals surface area contributed by atoms with Crippen LogP contribution in [0, 0.1) is 11.8 Å². The molecular weight excluding hydrogens is 1870 g/mol. The number of fused-ring (bicyclic) bond motifs is 2. The van der Waals surface area contributed by atoms with Gasteiger partial charge >= 0.3 is 0 Å². The second kappa shape index (κ2) is 56.3. The second-order valence-electron chi connectivity index (χ2n) is 38.4. The minimum Gasteiger partial charge on any atom is -0.387 e. The second-order valence-corrected chi connectivity index (χ2v) is 39.2. The molecule has 2 aromatic carbocycles. The molecule has 0 bridgehead atoms. The van der Waals surface area contributed by atoms with Crippen molar-refractivity contribution in [1.82, 2.24) is 92.5 Å². The van der Waals surface area contributed by atoms with E-state index in [1.54, 1.807) is 19.3 Å². The van der Waals surface area contributed by atoms with Gasteiger partial charge in [0.2, 0.25) is 94.5 Å². The summed E-state index contributed by atoms with van der Waals surface area (Å²) in [5, 5.41) is 47.9. The van der Waals surface area contributed by atoms with Gasteiger partial charge in [-0.15, -0.1) is 0 Å². The molecule has 6 aliphatic rings. The Morgan fingerprint density at radius 1 is 0.401 bits per heavy atom. The third kappa shape index (κ3) is 33.2. The van der Waals surface area contributed by atoms with Crippen LogP contribution in [0.15, 0.2) is 60.9 Å². The largest absolute Gasteiger partial charge is 0.387 e. The van der Waals surface area contributed by atoms with Crippen LogP contribution in [0.3, 0.4) is 0 Å². The average Bonchev–Trinajstić information content (AvgIpc) is 1.68. The number of nitrogens with one attached hydrogen (secondary N) is 12. The molecule has 2 aromatic heterocycles. The van der Waals surface area contributed by atoms with Crippen molar-refractivity contribution in [3.63, 3.8) is 0 Å². The van der Waals surface area contributed by atoms with Gasteiger partial charge in [0.25, 0.3) is 0 Å². The molecule has 10 rings (SSSR count). The molecule has 0 radical (unpaired) electrons. The van der Waals surface area contributed by atoms with Gasteiger partial charge in [-0.2, -0.15) is 25.3 Å². The van der Waals surface area contributed by atoms with Crippen LogP contribution in [0.4, 0.5) is 0 Å². The molecule has 0 unspecified atom stereocenters. The van der Waals surface area contributed by atoms with Gasteiger partial charge in [0.1, 0.15) is 73.6 Å². The van der Waals surface area contributed by atoms with Gasteiger partial charge in [-0.1, -0.05) is 62.1 Å². The number of thiol groups is 2. The molecule has 18 N–H and O–H groups in total. The Bertz CT molecular complexity index is 5130. The molecule has 4 aromatic rings. The van der Waals surface area contributed by atoms with Crippen molar-refractivity contribution in [1.29, 1.82) is 0 Å². The van der Waals surface area contributed by atoms with E-state index in [4.69, 9.17) is 11.5 Å². The first-order chi connectivity index (χ1) is 67.8. The van der Waals surface area contributed by atoms with E-state index in [1.165, 1.54) is 26.5 Å². The minimum atomic E-state index is -1.62. The topological polar surface area (TPSA) is 605 Å². The van der Waals surface area contributed by atoms with E-state index >= 15 is 0 Å². The Hall–Kier alpha value is -11.7. The van der Waals surface area contributed by atoms with E-state index < -0.39 is 229 Å². The van der Waals surface area contributed by atoms with Crippen molar-refractivity contribution >= 4 is 165 Å². The standard InChI is InChI=1S/C49H72N10O11S2.C49H72N10O11/c1-57(2)19-9-8-14-33-41(62)23-29(22-30-25-51-32-13-7-6-12-31(30)32)45(66)56-36(27-71)40(61)18-5-3-4-15-34(54-48(69)39-17-11-20-58(39)43(64)26-60)46(67)55-35(24-42(63)52-37(28-72)47(68)53-33)49(70)59-21-10-16-38(59)44(50)65;1-29-40(61)20-7-5-6-17-36(55-48(69)39-19-13-22-58(39)43(64)28-60)47(68)56-37(49(70)59-23-12-18-38(59)44(50)65)26-42(63)52-30(2)45(66)54-35(16-10-11-21-57(3)4)41(62)25-31(46(67)53-29)24-32-27-51-34-15-9-8-14-33(32)34/h6-7,12-13,25,29,33-39,51,60,71-72H,3-5,8-11,14-24,26-28H2,1-2H3,(H2,50,65)(H,52,63)(H,53,68)(H,54,69)(H,55,67)(H,56,66);8-9,14-15,27,29-31,35-39,51,60H,5-7,10-13,16-26,28H2,1-4H3,(H2,50,65)(H,52,63)(H,53,67)(H,54,66)(H,55,69)(H,56,68)/t29-,33+,34+,35+,36+,37+,38+,39+;29-,30-,31+,35-,36-,37-,38-,39-/m10/s1. The monoisotopic (exact) mass is 2020 g/mol. The Kier molecular flexibility index (Phi) is 45.2. The van der Waals surface area contributed by atoms with Crippen LogP contribution >= 0.6 is 25.3 Å². The van der Waals surface area contributed by atoms with Crippen molar-refractivity contribution < 1.29 is 106 Å². The van der Waals surface area contributed by atoms with Crippen molar-refractivity contribution in [2.24, 2.45) is 23.3 Å². The number of likely N-dealkylation sites (tertiary alicyclic amines) is 4. The number of aromatic nitrogens is 2. The molecule has 6 aliphatic heterocycles. The zero-order valence-corrected chi connectivity index (χ0v) is 83.9. The number of primary amides is 2. The molecule has 6 saturated heterocycles. The van der Waals surface area contributed by atoms with E-state index in [-0.39, 0.29) is 146 Å². The summed E-state index contributed by atoms with van der Waals surface area (Å²) in [6.07, 6.45) is 9.54. The van der Waals surface area contributed by atoms with Gasteiger partial charge in [-0.3, -0.25) is 95.9 Å². The Labute approximate surface area is 837 Å². The maximum absolute atomic E-state index is 14.5. The molecule has 44 heteroatoms.